The first-order chi connectivity index (χ1) is 11.6. The van der Waals surface area contributed by atoms with Crippen LogP contribution in [0.4, 0.5) is 0 Å². The highest BCUT2D eigenvalue weighted by molar-refractivity contribution is 5.86. The number of carbonyl (C=O) groups is 2. The molecular weight excluding hydrogens is 306 g/mol. The van der Waals surface area contributed by atoms with Gasteiger partial charge in [-0.25, -0.2) is 0 Å². The van der Waals surface area contributed by atoms with Gasteiger partial charge in [0, 0.05) is 13.1 Å². The number of nitrogens with zero attached hydrogens (tertiary/aromatic N) is 1. The molecule has 2 atom stereocenters. The second-order valence-corrected chi connectivity index (χ2v) is 6.91. The van der Waals surface area contributed by atoms with Crippen LogP contribution in [0.2, 0.25) is 0 Å². The largest absolute Gasteiger partial charge is 0.496 e. The van der Waals surface area contributed by atoms with Crippen LogP contribution in [-0.4, -0.2) is 42.1 Å². The maximum absolute atomic E-state index is 12.5. The van der Waals surface area contributed by atoms with E-state index in [0.717, 1.165) is 44.5 Å². The van der Waals surface area contributed by atoms with Crippen molar-refractivity contribution in [3.8, 4) is 5.75 Å². The van der Waals surface area contributed by atoms with E-state index in [0.29, 0.717) is 12.3 Å². The fraction of sp³-hybridized carbons (Fsp3) is 0.579. The van der Waals surface area contributed by atoms with Crippen LogP contribution in [0.5, 0.6) is 5.75 Å². The van der Waals surface area contributed by atoms with Gasteiger partial charge in [0.25, 0.3) is 0 Å². The maximum atomic E-state index is 12.5. The summed E-state index contributed by atoms with van der Waals surface area (Å²) in [6.45, 7) is 1.48. The van der Waals surface area contributed by atoms with Crippen molar-refractivity contribution >= 4 is 11.9 Å². The minimum Gasteiger partial charge on any atom is -0.496 e. The molecule has 2 aliphatic rings. The Labute approximate surface area is 142 Å². The first kappa shape index (κ1) is 16.8. The number of hydrogen-bond acceptors (Lipinski definition) is 3. The van der Waals surface area contributed by atoms with Gasteiger partial charge in [-0.2, -0.15) is 0 Å². The van der Waals surface area contributed by atoms with Crippen molar-refractivity contribution in [1.29, 1.82) is 0 Å². The van der Waals surface area contributed by atoms with E-state index >= 15 is 0 Å². The van der Waals surface area contributed by atoms with Crippen LogP contribution in [0, 0.1) is 17.8 Å². The monoisotopic (exact) mass is 331 g/mol. The average molecular weight is 331 g/mol. The Bertz CT molecular complexity index is 607. The van der Waals surface area contributed by atoms with Crippen LogP contribution >= 0.6 is 0 Å². The van der Waals surface area contributed by atoms with Crippen LogP contribution in [0.15, 0.2) is 24.3 Å². The number of aliphatic carboxylic acids is 1. The molecule has 1 aliphatic heterocycles. The highest BCUT2D eigenvalue weighted by Gasteiger charge is 2.43. The van der Waals surface area contributed by atoms with Crippen LogP contribution in [0.3, 0.4) is 0 Å². The smallest absolute Gasteiger partial charge is 0.307 e. The van der Waals surface area contributed by atoms with Crippen molar-refractivity contribution in [2.24, 2.45) is 17.8 Å². The SMILES string of the molecule is COc1ccccc1CC1CCN(C(=O)C2CCC2C(=O)O)CC1. The molecule has 1 aliphatic carbocycles. The molecule has 0 bridgehead atoms. The van der Waals surface area contributed by atoms with Gasteiger partial charge in [0.05, 0.1) is 18.9 Å². The molecule has 0 radical (unpaired) electrons. The molecule has 0 spiro atoms. The second-order valence-electron chi connectivity index (χ2n) is 6.91. The summed E-state index contributed by atoms with van der Waals surface area (Å²) in [6.07, 6.45) is 4.25. The number of ether oxygens (including phenoxy) is 1. The van der Waals surface area contributed by atoms with Crippen molar-refractivity contribution in [2.75, 3.05) is 20.2 Å². The van der Waals surface area contributed by atoms with Gasteiger partial charge in [0.1, 0.15) is 5.75 Å². The number of carboxylic acids is 1. The second kappa shape index (κ2) is 7.24. The molecule has 5 heteroatoms. The maximum Gasteiger partial charge on any atom is 0.307 e. The summed E-state index contributed by atoms with van der Waals surface area (Å²) in [5.41, 5.74) is 1.22. The number of benzene rings is 1. The van der Waals surface area contributed by atoms with Crippen molar-refractivity contribution < 1.29 is 19.4 Å². The van der Waals surface area contributed by atoms with Gasteiger partial charge in [0.2, 0.25) is 5.91 Å². The number of carboxylic acid groups (broad SMARTS) is 1. The van der Waals surface area contributed by atoms with Gasteiger partial charge in [-0.1, -0.05) is 18.2 Å². The molecule has 3 rings (SSSR count). The number of carbonyl (C=O) groups excluding carboxylic acids is 1. The molecule has 24 heavy (non-hydrogen) atoms. The molecule has 1 saturated heterocycles. The van der Waals surface area contributed by atoms with E-state index in [9.17, 15) is 9.59 Å². The normalized spacial score (nSPS) is 24.3. The third kappa shape index (κ3) is 3.40. The van der Waals surface area contributed by atoms with Crippen molar-refractivity contribution in [3.05, 3.63) is 29.8 Å². The molecular formula is C19H25NO4. The molecule has 1 saturated carbocycles. The van der Waals surface area contributed by atoms with Gasteiger partial charge in [-0.15, -0.1) is 0 Å². The number of para-hydroxylation sites is 1. The Morgan fingerprint density at radius 1 is 1.12 bits per heavy atom. The minimum atomic E-state index is -0.828. The standard InChI is InChI=1S/C19H25NO4/c1-24-17-5-3-2-4-14(17)12-13-8-10-20(11-9-13)18(21)15-6-7-16(15)19(22)23/h2-5,13,15-16H,6-12H2,1H3,(H,22,23). The van der Waals surface area contributed by atoms with E-state index in [2.05, 4.69) is 6.07 Å². The summed E-state index contributed by atoms with van der Waals surface area (Å²) in [5.74, 6) is -0.0797. The Morgan fingerprint density at radius 3 is 2.38 bits per heavy atom. The van der Waals surface area contributed by atoms with Crippen LogP contribution in [0.1, 0.15) is 31.2 Å². The summed E-state index contributed by atoms with van der Waals surface area (Å²) in [7, 11) is 1.69. The zero-order valence-electron chi connectivity index (χ0n) is 14.1. The molecule has 130 valence electrons. The van der Waals surface area contributed by atoms with E-state index in [4.69, 9.17) is 9.84 Å². The Balaban J connectivity index is 1.52. The summed E-state index contributed by atoms with van der Waals surface area (Å²) in [5, 5.41) is 9.12. The highest BCUT2D eigenvalue weighted by atomic mass is 16.5. The quantitative estimate of drug-likeness (QED) is 0.900. The first-order valence-electron chi connectivity index (χ1n) is 8.73. The predicted molar refractivity (Wildman–Crippen MR) is 89.9 cm³/mol. The zero-order chi connectivity index (χ0) is 17.1. The zero-order valence-corrected chi connectivity index (χ0v) is 14.1. The Morgan fingerprint density at radius 2 is 1.79 bits per heavy atom. The van der Waals surface area contributed by atoms with Gasteiger partial charge in [-0.3, -0.25) is 9.59 Å². The lowest BCUT2D eigenvalue weighted by atomic mass is 9.72. The van der Waals surface area contributed by atoms with Crippen molar-refractivity contribution in [1.82, 2.24) is 4.90 Å². The van der Waals surface area contributed by atoms with E-state index in [1.54, 1.807) is 7.11 Å². The third-order valence-electron chi connectivity index (χ3n) is 5.54. The summed E-state index contributed by atoms with van der Waals surface area (Å²) >= 11 is 0. The number of piperidine rings is 1. The summed E-state index contributed by atoms with van der Waals surface area (Å²) in [4.78, 5) is 25.5. The molecule has 1 aromatic carbocycles. The lowest BCUT2D eigenvalue weighted by Crippen LogP contribution is -2.48. The molecule has 1 aromatic rings. The topological polar surface area (TPSA) is 66.8 Å². The number of rotatable bonds is 5. The van der Waals surface area contributed by atoms with Crippen LogP contribution < -0.4 is 4.74 Å². The minimum absolute atomic E-state index is 0.0457. The van der Waals surface area contributed by atoms with E-state index in [1.807, 2.05) is 23.1 Å². The van der Waals surface area contributed by atoms with E-state index in [1.165, 1.54) is 5.56 Å². The molecule has 2 unspecified atom stereocenters. The van der Waals surface area contributed by atoms with Crippen molar-refractivity contribution in [3.63, 3.8) is 0 Å². The Hall–Kier alpha value is -2.04. The molecule has 2 fully saturated rings. The van der Waals surface area contributed by atoms with Crippen molar-refractivity contribution in [2.45, 2.75) is 32.1 Å². The molecule has 1 amide bonds. The number of hydrogen-bond donors (Lipinski definition) is 1. The van der Waals surface area contributed by atoms with E-state index in [-0.39, 0.29) is 11.8 Å². The Kier molecular flexibility index (Phi) is 5.07. The fourth-order valence-electron chi connectivity index (χ4n) is 3.87. The van der Waals surface area contributed by atoms with Crippen LogP contribution in [-0.2, 0) is 16.0 Å². The molecule has 5 nitrogen and oxygen atoms in total. The van der Waals surface area contributed by atoms with Gasteiger partial charge in [-0.05, 0) is 49.7 Å². The highest BCUT2D eigenvalue weighted by Crippen LogP contribution is 2.37. The van der Waals surface area contributed by atoms with Gasteiger partial charge >= 0.3 is 5.97 Å². The van der Waals surface area contributed by atoms with Gasteiger partial charge in [0.15, 0.2) is 0 Å². The van der Waals surface area contributed by atoms with Crippen LogP contribution in [0.25, 0.3) is 0 Å². The molecule has 1 heterocycles. The third-order valence-corrected chi connectivity index (χ3v) is 5.54. The number of methoxy groups -OCH3 is 1. The molecule has 1 N–H and O–H groups in total. The number of amides is 1. The summed E-state index contributed by atoms with van der Waals surface area (Å²) in [6, 6.07) is 8.08. The average Bonchev–Trinajstić information content (AvgIpc) is 2.54. The predicted octanol–water partition coefficient (Wildman–Crippen LogP) is 2.59. The lowest BCUT2D eigenvalue weighted by molar-refractivity contribution is -0.157. The van der Waals surface area contributed by atoms with Gasteiger partial charge < -0.3 is 14.7 Å². The van der Waals surface area contributed by atoms with E-state index < -0.39 is 11.9 Å². The lowest BCUT2D eigenvalue weighted by Gasteiger charge is -2.39. The fourth-order valence-corrected chi connectivity index (χ4v) is 3.87. The molecule has 0 aromatic heterocycles. The summed E-state index contributed by atoms with van der Waals surface area (Å²) < 4.78 is 5.41. The number of likely N-dealkylation sites (tertiary alicyclic amines) is 1. The first-order valence-corrected chi connectivity index (χ1v) is 8.73.